The zero-order chi connectivity index (χ0) is 16.9. The number of likely N-dealkylation sites (tertiary alicyclic amines) is 1. The van der Waals surface area contributed by atoms with E-state index >= 15 is 0 Å². The van der Waals surface area contributed by atoms with E-state index in [1.54, 1.807) is 16.7 Å². The number of rotatable bonds is 5. The van der Waals surface area contributed by atoms with Crippen molar-refractivity contribution >= 4 is 23.5 Å². The first-order valence-corrected chi connectivity index (χ1v) is 9.06. The second kappa shape index (κ2) is 7.57. The molecular formula is C16H19N5O2S. The number of thioether (sulfide) groups is 1. The molecule has 7 nitrogen and oxygen atoms in total. The van der Waals surface area contributed by atoms with Crippen molar-refractivity contribution in [1.82, 2.24) is 25.1 Å². The monoisotopic (exact) mass is 345 g/mol. The Labute approximate surface area is 144 Å². The van der Waals surface area contributed by atoms with Gasteiger partial charge in [0.15, 0.2) is 5.78 Å². The molecule has 1 amide bonds. The zero-order valence-electron chi connectivity index (χ0n) is 13.5. The summed E-state index contributed by atoms with van der Waals surface area (Å²) in [5.74, 6) is -0.0863. The van der Waals surface area contributed by atoms with E-state index in [0.29, 0.717) is 18.7 Å². The van der Waals surface area contributed by atoms with Crippen molar-refractivity contribution in [2.45, 2.75) is 24.3 Å². The third-order valence-electron chi connectivity index (χ3n) is 4.21. The molecule has 24 heavy (non-hydrogen) atoms. The molecule has 1 fully saturated rings. The average Bonchev–Trinajstić information content (AvgIpc) is 3.14. The molecule has 1 aliphatic rings. The first-order chi connectivity index (χ1) is 11.7. The number of hydrogen-bond donors (Lipinski definition) is 0. The summed E-state index contributed by atoms with van der Waals surface area (Å²) in [6, 6.07) is 7.66. The van der Waals surface area contributed by atoms with Gasteiger partial charge in [-0.05, 0) is 41.7 Å². The highest BCUT2D eigenvalue weighted by Gasteiger charge is 2.29. The maximum absolute atomic E-state index is 12.7. The van der Waals surface area contributed by atoms with E-state index in [1.807, 2.05) is 30.5 Å². The predicted octanol–water partition coefficient (Wildman–Crippen LogP) is 1.52. The largest absolute Gasteiger partial charge is 0.340 e. The van der Waals surface area contributed by atoms with Gasteiger partial charge in [0.1, 0.15) is 12.9 Å². The molecule has 0 spiro atoms. The van der Waals surface area contributed by atoms with Crippen molar-refractivity contribution in [3.05, 3.63) is 36.2 Å². The van der Waals surface area contributed by atoms with Crippen LogP contribution in [0, 0.1) is 5.92 Å². The number of piperidine rings is 1. The van der Waals surface area contributed by atoms with Crippen molar-refractivity contribution < 1.29 is 9.59 Å². The van der Waals surface area contributed by atoms with Crippen molar-refractivity contribution in [2.75, 3.05) is 19.3 Å². The lowest BCUT2D eigenvalue weighted by atomic mass is 9.90. The van der Waals surface area contributed by atoms with Gasteiger partial charge in [0.2, 0.25) is 5.91 Å². The highest BCUT2D eigenvalue weighted by atomic mass is 32.2. The third kappa shape index (κ3) is 3.81. The molecule has 0 radical (unpaired) electrons. The van der Waals surface area contributed by atoms with Gasteiger partial charge in [-0.15, -0.1) is 16.9 Å². The van der Waals surface area contributed by atoms with Gasteiger partial charge in [-0.25, -0.2) is 4.68 Å². The molecule has 3 rings (SSSR count). The van der Waals surface area contributed by atoms with E-state index in [0.717, 1.165) is 17.7 Å². The van der Waals surface area contributed by atoms with E-state index in [4.69, 9.17) is 0 Å². The Morgan fingerprint density at radius 2 is 2.08 bits per heavy atom. The Morgan fingerprint density at radius 3 is 2.75 bits per heavy atom. The number of carbonyl (C=O) groups is 2. The van der Waals surface area contributed by atoms with Crippen LogP contribution < -0.4 is 0 Å². The second-order valence-electron chi connectivity index (χ2n) is 5.78. The van der Waals surface area contributed by atoms with E-state index < -0.39 is 0 Å². The maximum atomic E-state index is 12.7. The smallest absolute Gasteiger partial charge is 0.244 e. The minimum atomic E-state index is -0.142. The van der Waals surface area contributed by atoms with E-state index in [9.17, 15) is 9.59 Å². The number of Topliss-reactive ketones (excluding diaryl/α,β-unsaturated/α-hetero) is 1. The Morgan fingerprint density at radius 1 is 1.29 bits per heavy atom. The van der Waals surface area contributed by atoms with E-state index in [-0.39, 0.29) is 24.2 Å². The molecular weight excluding hydrogens is 326 g/mol. The number of tetrazole rings is 1. The van der Waals surface area contributed by atoms with Crippen molar-refractivity contribution in [3.8, 4) is 0 Å². The molecule has 1 aliphatic heterocycles. The number of ketones is 1. The molecule has 126 valence electrons. The van der Waals surface area contributed by atoms with Gasteiger partial charge in [0.05, 0.1) is 0 Å². The molecule has 2 aromatic rings. The maximum Gasteiger partial charge on any atom is 0.244 e. The normalized spacial score (nSPS) is 17.7. The van der Waals surface area contributed by atoms with Crippen LogP contribution >= 0.6 is 11.8 Å². The van der Waals surface area contributed by atoms with Crippen LogP contribution in [0.15, 0.2) is 35.5 Å². The number of nitrogens with zero attached hydrogens (tertiary/aromatic N) is 5. The topological polar surface area (TPSA) is 81.0 Å². The van der Waals surface area contributed by atoms with Crippen LogP contribution in [0.4, 0.5) is 0 Å². The summed E-state index contributed by atoms with van der Waals surface area (Å²) in [5, 5.41) is 10.8. The van der Waals surface area contributed by atoms with Crippen LogP contribution in [0.2, 0.25) is 0 Å². The Hall–Kier alpha value is -2.22. The van der Waals surface area contributed by atoms with E-state index in [1.165, 1.54) is 11.0 Å². The number of carbonyl (C=O) groups excluding carboxylic acids is 2. The summed E-state index contributed by atoms with van der Waals surface area (Å²) in [6.07, 6.45) is 5.07. The Balaban J connectivity index is 1.63. The molecule has 0 saturated carbocycles. The average molecular weight is 345 g/mol. The van der Waals surface area contributed by atoms with Crippen LogP contribution in [0.3, 0.4) is 0 Å². The highest BCUT2D eigenvalue weighted by molar-refractivity contribution is 7.98. The highest BCUT2D eigenvalue weighted by Crippen LogP contribution is 2.23. The molecule has 0 aliphatic carbocycles. The molecule has 1 aromatic carbocycles. The molecule has 1 unspecified atom stereocenters. The fourth-order valence-corrected chi connectivity index (χ4v) is 3.31. The molecule has 0 N–H and O–H groups in total. The SMILES string of the molecule is CSc1ccc(C(=O)C2CCCN(C(=O)Cn3cnnn3)C2)cc1. The van der Waals surface area contributed by atoms with Crippen LogP contribution in [0.1, 0.15) is 23.2 Å². The minimum absolute atomic E-state index is 0.0578. The standard InChI is InChI=1S/C16H19N5O2S/c1-24-14-6-4-12(5-7-14)16(23)13-3-2-8-20(9-13)15(22)10-21-11-17-18-19-21/h4-7,11,13H,2-3,8-10H2,1H3. The molecule has 1 saturated heterocycles. The molecule has 1 aromatic heterocycles. The van der Waals surface area contributed by atoms with Crippen molar-refractivity contribution in [1.29, 1.82) is 0 Å². The predicted molar refractivity (Wildman–Crippen MR) is 89.7 cm³/mol. The number of aromatic nitrogens is 4. The Bertz CT molecular complexity index is 702. The van der Waals surface area contributed by atoms with Crippen molar-refractivity contribution in [3.63, 3.8) is 0 Å². The lowest BCUT2D eigenvalue weighted by Crippen LogP contribution is -2.43. The fraction of sp³-hybridized carbons (Fsp3) is 0.438. The summed E-state index contributed by atoms with van der Waals surface area (Å²) in [4.78, 5) is 27.9. The quantitative estimate of drug-likeness (QED) is 0.604. The number of amides is 1. The fourth-order valence-electron chi connectivity index (χ4n) is 2.90. The zero-order valence-corrected chi connectivity index (χ0v) is 14.3. The van der Waals surface area contributed by atoms with Crippen LogP contribution in [0.25, 0.3) is 0 Å². The van der Waals surface area contributed by atoms with Crippen LogP contribution in [0.5, 0.6) is 0 Å². The van der Waals surface area contributed by atoms with Gasteiger partial charge < -0.3 is 4.90 Å². The van der Waals surface area contributed by atoms with Gasteiger partial charge >= 0.3 is 0 Å². The van der Waals surface area contributed by atoms with Crippen LogP contribution in [-0.4, -0.2) is 56.1 Å². The van der Waals surface area contributed by atoms with Gasteiger partial charge in [0, 0.05) is 29.5 Å². The summed E-state index contributed by atoms with van der Waals surface area (Å²) in [7, 11) is 0. The number of benzene rings is 1. The van der Waals surface area contributed by atoms with Gasteiger partial charge in [-0.2, -0.15) is 0 Å². The molecule has 0 bridgehead atoms. The Kier molecular flexibility index (Phi) is 5.24. The lowest BCUT2D eigenvalue weighted by molar-refractivity contribution is -0.133. The third-order valence-corrected chi connectivity index (χ3v) is 4.95. The van der Waals surface area contributed by atoms with Crippen molar-refractivity contribution in [2.24, 2.45) is 5.92 Å². The summed E-state index contributed by atoms with van der Waals surface area (Å²) in [6.45, 7) is 1.25. The minimum Gasteiger partial charge on any atom is -0.340 e. The van der Waals surface area contributed by atoms with Crippen LogP contribution in [-0.2, 0) is 11.3 Å². The first kappa shape index (κ1) is 16.6. The van der Waals surface area contributed by atoms with Gasteiger partial charge in [0.25, 0.3) is 0 Å². The first-order valence-electron chi connectivity index (χ1n) is 7.84. The van der Waals surface area contributed by atoms with Gasteiger partial charge in [-0.3, -0.25) is 9.59 Å². The summed E-state index contributed by atoms with van der Waals surface area (Å²) < 4.78 is 1.40. The summed E-state index contributed by atoms with van der Waals surface area (Å²) >= 11 is 1.65. The molecule has 2 heterocycles. The van der Waals surface area contributed by atoms with Gasteiger partial charge in [-0.1, -0.05) is 12.1 Å². The second-order valence-corrected chi connectivity index (χ2v) is 6.66. The molecule has 1 atom stereocenters. The summed E-state index contributed by atoms with van der Waals surface area (Å²) in [5.41, 5.74) is 0.715. The van der Waals surface area contributed by atoms with E-state index in [2.05, 4.69) is 15.5 Å². The number of hydrogen-bond acceptors (Lipinski definition) is 6. The lowest BCUT2D eigenvalue weighted by Gasteiger charge is -2.32. The molecule has 8 heteroatoms.